The van der Waals surface area contributed by atoms with Crippen molar-refractivity contribution < 1.29 is 4.79 Å². The van der Waals surface area contributed by atoms with E-state index in [-0.39, 0.29) is 17.9 Å². The zero-order valence-electron chi connectivity index (χ0n) is 14.8. The van der Waals surface area contributed by atoms with Gasteiger partial charge < -0.3 is 5.32 Å². The highest BCUT2D eigenvalue weighted by atomic mass is 35.5. The molecule has 2 aliphatic rings. The van der Waals surface area contributed by atoms with E-state index < -0.39 is 0 Å². The molecule has 2 aromatic carbocycles. The second-order valence-electron chi connectivity index (χ2n) is 7.08. The number of carbonyl (C=O) groups excluding carboxylic acids is 1. The molecule has 144 valence electrons. The second-order valence-corrected chi connectivity index (χ2v) is 8.71. The number of hydrogen-bond donors (Lipinski definition) is 1. The Bertz CT molecular complexity index is 934. The third-order valence-electron chi connectivity index (χ3n) is 5.19. The van der Waals surface area contributed by atoms with Crippen LogP contribution >= 0.6 is 46.4 Å². The number of benzene rings is 2. The molecule has 1 N–H and O–H groups in total. The summed E-state index contributed by atoms with van der Waals surface area (Å²) in [6.07, 6.45) is 6.76. The van der Waals surface area contributed by atoms with Crippen molar-refractivity contribution in [3.05, 3.63) is 78.8 Å². The minimum atomic E-state index is 0.0478. The zero-order valence-corrected chi connectivity index (χ0v) is 17.8. The van der Waals surface area contributed by atoms with Gasteiger partial charge in [-0.25, -0.2) is 0 Å². The van der Waals surface area contributed by atoms with E-state index >= 15 is 0 Å². The number of ketones is 1. The summed E-state index contributed by atoms with van der Waals surface area (Å²) in [5, 5.41) is 5.54. The van der Waals surface area contributed by atoms with Crippen LogP contribution in [0.1, 0.15) is 30.4 Å². The van der Waals surface area contributed by atoms with Gasteiger partial charge in [-0.2, -0.15) is 0 Å². The first-order chi connectivity index (χ1) is 13.4. The summed E-state index contributed by atoms with van der Waals surface area (Å²) in [4.78, 5) is 13.4. The van der Waals surface area contributed by atoms with E-state index in [1.807, 2.05) is 24.3 Å². The Morgan fingerprint density at radius 1 is 0.750 bits per heavy atom. The third kappa shape index (κ3) is 4.03. The first kappa shape index (κ1) is 20.0. The maximum absolute atomic E-state index is 13.4. The maximum atomic E-state index is 13.4. The molecular weight excluding hydrogens is 436 g/mol. The van der Waals surface area contributed by atoms with E-state index in [0.717, 1.165) is 41.5 Å². The highest BCUT2D eigenvalue weighted by Crippen LogP contribution is 2.34. The monoisotopic (exact) mass is 451 g/mol. The summed E-state index contributed by atoms with van der Waals surface area (Å²) in [6, 6.07) is 10.9. The lowest BCUT2D eigenvalue weighted by atomic mass is 9.78. The Labute approximate surface area is 184 Å². The molecule has 0 radical (unpaired) electrons. The fraction of sp³-hybridized carbons (Fsp3) is 0.227. The van der Waals surface area contributed by atoms with Gasteiger partial charge >= 0.3 is 0 Å². The van der Waals surface area contributed by atoms with Crippen LogP contribution in [0.4, 0.5) is 0 Å². The van der Waals surface area contributed by atoms with Crippen LogP contribution in [0, 0.1) is 0 Å². The standard InChI is InChI=1S/C22H17Cl4NO/c23-16-6-4-12(10-18(16)25)8-14-20-2-1-3-21(27-20)15(22(14)28)9-13-5-7-17(24)19(26)11-13/h4-11,20-21,27H,1-3H2. The van der Waals surface area contributed by atoms with Gasteiger partial charge in [0.15, 0.2) is 5.78 Å². The van der Waals surface area contributed by atoms with Gasteiger partial charge in [-0.3, -0.25) is 4.79 Å². The molecule has 0 aliphatic carbocycles. The third-order valence-corrected chi connectivity index (χ3v) is 6.67. The lowest BCUT2D eigenvalue weighted by molar-refractivity contribution is -0.113. The van der Waals surface area contributed by atoms with Crippen LogP contribution in [0.3, 0.4) is 0 Å². The van der Waals surface area contributed by atoms with E-state index in [0.29, 0.717) is 20.1 Å². The average Bonchev–Trinajstić information content (AvgIpc) is 2.68. The normalized spacial score (nSPS) is 24.8. The second kappa shape index (κ2) is 8.22. The number of hydrogen-bond acceptors (Lipinski definition) is 2. The first-order valence-electron chi connectivity index (χ1n) is 9.06. The molecule has 2 heterocycles. The van der Waals surface area contributed by atoms with Crippen molar-refractivity contribution in [1.29, 1.82) is 0 Å². The van der Waals surface area contributed by atoms with Crippen LogP contribution in [0.5, 0.6) is 0 Å². The van der Waals surface area contributed by atoms with Gasteiger partial charge in [0, 0.05) is 23.2 Å². The van der Waals surface area contributed by atoms with Crippen LogP contribution in [0.15, 0.2) is 47.5 Å². The van der Waals surface area contributed by atoms with E-state index in [4.69, 9.17) is 46.4 Å². The summed E-state index contributed by atoms with van der Waals surface area (Å²) >= 11 is 24.3. The molecule has 2 unspecified atom stereocenters. The lowest BCUT2D eigenvalue weighted by Crippen LogP contribution is -2.52. The van der Waals surface area contributed by atoms with Crippen LogP contribution in [-0.4, -0.2) is 17.9 Å². The van der Waals surface area contributed by atoms with Crippen LogP contribution in [0.2, 0.25) is 20.1 Å². The first-order valence-corrected chi connectivity index (χ1v) is 10.6. The predicted octanol–water partition coefficient (Wildman–Crippen LogP) is 6.86. The van der Waals surface area contributed by atoms with Gasteiger partial charge in [-0.15, -0.1) is 0 Å². The van der Waals surface area contributed by atoms with Crippen molar-refractivity contribution in [3.8, 4) is 0 Å². The predicted molar refractivity (Wildman–Crippen MR) is 118 cm³/mol. The maximum Gasteiger partial charge on any atom is 0.188 e. The fourth-order valence-electron chi connectivity index (χ4n) is 3.81. The van der Waals surface area contributed by atoms with Gasteiger partial charge in [0.1, 0.15) is 0 Å². The Morgan fingerprint density at radius 2 is 1.21 bits per heavy atom. The molecule has 2 atom stereocenters. The van der Waals surface area contributed by atoms with Crippen LogP contribution in [-0.2, 0) is 4.79 Å². The summed E-state index contributed by atoms with van der Waals surface area (Å²) in [5.74, 6) is 0.0607. The minimum Gasteiger partial charge on any atom is -0.303 e. The molecule has 2 nitrogen and oxygen atoms in total. The Morgan fingerprint density at radius 3 is 1.64 bits per heavy atom. The van der Waals surface area contributed by atoms with E-state index in [9.17, 15) is 4.79 Å². The molecule has 2 fully saturated rings. The number of halogens is 4. The van der Waals surface area contributed by atoms with E-state index in [2.05, 4.69) is 5.32 Å². The smallest absolute Gasteiger partial charge is 0.188 e. The van der Waals surface area contributed by atoms with Gasteiger partial charge in [-0.05, 0) is 66.8 Å². The Balaban J connectivity index is 1.74. The van der Waals surface area contributed by atoms with Crippen molar-refractivity contribution in [2.24, 2.45) is 0 Å². The lowest BCUT2D eigenvalue weighted by Gasteiger charge is -2.38. The van der Waals surface area contributed by atoms with Crippen molar-refractivity contribution in [1.82, 2.24) is 5.32 Å². The number of piperidine rings is 2. The quantitative estimate of drug-likeness (QED) is 0.504. The molecule has 0 amide bonds. The SMILES string of the molecule is O=C1C(=Cc2ccc(Cl)c(Cl)c2)C2CCCC(N2)C1=Cc1ccc(Cl)c(Cl)c1. The molecule has 2 saturated heterocycles. The fourth-order valence-corrected chi connectivity index (χ4v) is 4.42. The molecule has 4 rings (SSSR count). The summed E-state index contributed by atoms with van der Waals surface area (Å²) in [6.45, 7) is 0. The van der Waals surface area contributed by atoms with Gasteiger partial charge in [-0.1, -0.05) is 58.5 Å². The molecule has 0 aromatic heterocycles. The van der Waals surface area contributed by atoms with Crippen molar-refractivity contribution in [2.75, 3.05) is 0 Å². The number of nitrogens with one attached hydrogen (secondary N) is 1. The van der Waals surface area contributed by atoms with Gasteiger partial charge in [0.25, 0.3) is 0 Å². The number of fused-ring (bicyclic) bond motifs is 2. The number of rotatable bonds is 2. The van der Waals surface area contributed by atoms with Crippen molar-refractivity contribution in [2.45, 2.75) is 31.3 Å². The molecule has 2 aliphatic heterocycles. The average molecular weight is 453 g/mol. The molecule has 0 saturated carbocycles. The van der Waals surface area contributed by atoms with E-state index in [1.165, 1.54) is 0 Å². The molecule has 2 aromatic rings. The van der Waals surface area contributed by atoms with Crippen LogP contribution in [0.25, 0.3) is 12.2 Å². The van der Waals surface area contributed by atoms with Gasteiger partial charge in [0.05, 0.1) is 20.1 Å². The minimum absolute atomic E-state index is 0.0478. The highest BCUT2D eigenvalue weighted by molar-refractivity contribution is 6.42. The summed E-state index contributed by atoms with van der Waals surface area (Å²) in [7, 11) is 0. The summed E-state index contributed by atoms with van der Waals surface area (Å²) in [5.41, 5.74) is 3.22. The molecule has 0 spiro atoms. The van der Waals surface area contributed by atoms with Crippen molar-refractivity contribution >= 4 is 64.3 Å². The molecule has 28 heavy (non-hydrogen) atoms. The number of Topliss-reactive ketones (excluding diaryl/α,β-unsaturated/α-hetero) is 1. The topological polar surface area (TPSA) is 29.1 Å². The van der Waals surface area contributed by atoms with E-state index in [1.54, 1.807) is 24.3 Å². The van der Waals surface area contributed by atoms with Crippen LogP contribution < -0.4 is 5.32 Å². The zero-order chi connectivity index (χ0) is 19.8. The van der Waals surface area contributed by atoms with Crippen molar-refractivity contribution in [3.63, 3.8) is 0 Å². The molecular formula is C22H17Cl4NO. The largest absolute Gasteiger partial charge is 0.303 e. The molecule has 6 heteroatoms. The summed E-state index contributed by atoms with van der Waals surface area (Å²) < 4.78 is 0. The Kier molecular flexibility index (Phi) is 5.87. The number of carbonyl (C=O) groups is 1. The molecule has 2 bridgehead atoms. The van der Waals surface area contributed by atoms with Gasteiger partial charge in [0.2, 0.25) is 0 Å². The highest BCUT2D eigenvalue weighted by Gasteiger charge is 2.37. The Hall–Kier alpha value is -1.29.